The van der Waals surface area contributed by atoms with Gasteiger partial charge in [0.2, 0.25) is 0 Å². The zero-order valence-electron chi connectivity index (χ0n) is 14.2. The molecule has 0 heterocycles. The quantitative estimate of drug-likeness (QED) is 0.572. The molecule has 0 fully saturated rings. The number of carboxylic acids is 2. The van der Waals surface area contributed by atoms with Gasteiger partial charge >= 0.3 is 11.9 Å². The summed E-state index contributed by atoms with van der Waals surface area (Å²) in [5.41, 5.74) is 0. The summed E-state index contributed by atoms with van der Waals surface area (Å²) in [6, 6.07) is 0. The fourth-order valence-electron chi connectivity index (χ4n) is 0.366. The lowest BCUT2D eigenvalue weighted by Crippen LogP contribution is -2.25. The molecule has 0 aromatic carbocycles. The number of carboxylic acid groups (broad SMARTS) is 2. The topological polar surface area (TPSA) is 177 Å². The highest BCUT2D eigenvalue weighted by molar-refractivity contribution is 7.92. The number of carbonyl (C=O) groups is 2. The zero-order chi connectivity index (χ0) is 20.5. The maximum Gasteiger partial charge on any atom is 0.321 e. The van der Waals surface area contributed by atoms with Crippen LogP contribution in [0.2, 0.25) is 0 Å². The molecule has 0 unspecified atom stereocenters. The molecule has 2 N–H and O–H groups in total. The highest BCUT2D eigenvalue weighted by Gasteiger charge is 2.22. The third kappa shape index (κ3) is 17.1. The van der Waals surface area contributed by atoms with Crippen molar-refractivity contribution in [3.05, 3.63) is 0 Å². The molecule has 0 aliphatic carbocycles. The largest absolute Gasteiger partial charge is 0.480 e. The van der Waals surface area contributed by atoms with Crippen molar-refractivity contribution in [2.24, 2.45) is 0 Å². The van der Waals surface area contributed by atoms with E-state index in [-0.39, 0.29) is 5.75 Å². The minimum absolute atomic E-state index is 0.243. The zero-order valence-corrected chi connectivity index (χ0v) is 16.7. The van der Waals surface area contributed by atoms with Crippen molar-refractivity contribution < 1.29 is 45.1 Å². The van der Waals surface area contributed by atoms with Crippen LogP contribution in [0.5, 0.6) is 0 Å². The van der Waals surface area contributed by atoms with Gasteiger partial charge in [0.05, 0.1) is 0 Å². The highest BCUT2D eigenvalue weighted by atomic mass is 32.2. The van der Waals surface area contributed by atoms with Gasteiger partial charge in [0.25, 0.3) is 0 Å². The van der Waals surface area contributed by atoms with E-state index in [0.29, 0.717) is 0 Å². The molecule has 146 valence electrons. The van der Waals surface area contributed by atoms with Gasteiger partial charge in [0.1, 0.15) is 9.84 Å². The molecule has 10 nitrogen and oxygen atoms in total. The smallest absolute Gasteiger partial charge is 0.321 e. The van der Waals surface area contributed by atoms with E-state index < -0.39 is 52.0 Å². The number of hydrogen-bond acceptors (Lipinski definition) is 8. The molecule has 0 saturated carbocycles. The number of hydrogen-bond donors (Lipinski definition) is 2. The van der Waals surface area contributed by atoms with E-state index in [1.807, 2.05) is 0 Å². The first-order chi connectivity index (χ1) is 10.3. The van der Waals surface area contributed by atoms with Gasteiger partial charge in [-0.15, -0.1) is 0 Å². The van der Waals surface area contributed by atoms with Crippen LogP contribution in [0.15, 0.2) is 0 Å². The summed E-state index contributed by atoms with van der Waals surface area (Å²) in [4.78, 5) is 19.9. The molecule has 0 aliphatic rings. The Kier molecular flexibility index (Phi) is 12.2. The average molecular weight is 413 g/mol. The van der Waals surface area contributed by atoms with E-state index in [2.05, 4.69) is 0 Å². The van der Waals surface area contributed by atoms with Crippen LogP contribution < -0.4 is 0 Å². The molecule has 0 aromatic rings. The summed E-state index contributed by atoms with van der Waals surface area (Å²) in [6.45, 7) is 3.89. The lowest BCUT2D eigenvalue weighted by Gasteiger charge is -1.99. The SMILES string of the molecule is CCS(C)(=O)=O.C[C@@H](C(=O)O)S(C)(=O)=O.C[C@H](C(=O)O)S(C)(=O)=O. The second kappa shape index (κ2) is 10.6. The van der Waals surface area contributed by atoms with Gasteiger partial charge in [-0.05, 0) is 13.8 Å². The summed E-state index contributed by atoms with van der Waals surface area (Å²) < 4.78 is 61.6. The number of aliphatic carboxylic acids is 2. The van der Waals surface area contributed by atoms with Crippen molar-refractivity contribution in [1.29, 1.82) is 0 Å². The van der Waals surface area contributed by atoms with Crippen molar-refractivity contribution >= 4 is 41.5 Å². The van der Waals surface area contributed by atoms with E-state index >= 15 is 0 Å². The maximum absolute atomic E-state index is 10.4. The Morgan fingerprint density at radius 1 is 0.750 bits per heavy atom. The second-order valence-electron chi connectivity index (χ2n) is 4.83. The van der Waals surface area contributed by atoms with Gasteiger partial charge in [-0.1, -0.05) is 6.92 Å². The molecule has 0 bridgehead atoms. The van der Waals surface area contributed by atoms with Crippen LogP contribution in [0.1, 0.15) is 20.8 Å². The Bertz CT molecular complexity index is 668. The van der Waals surface area contributed by atoms with Crippen molar-refractivity contribution in [3.63, 3.8) is 0 Å². The van der Waals surface area contributed by atoms with E-state index in [0.717, 1.165) is 26.4 Å². The fourth-order valence-corrected chi connectivity index (χ4v) is 1.10. The first-order valence-corrected chi connectivity index (χ1v) is 12.2. The number of sulfone groups is 3. The molecule has 0 aliphatic heterocycles. The molecule has 0 spiro atoms. The van der Waals surface area contributed by atoms with Gasteiger partial charge < -0.3 is 10.2 Å². The first-order valence-electron chi connectivity index (χ1n) is 6.28. The molecule has 0 rings (SSSR count). The van der Waals surface area contributed by atoms with E-state index in [9.17, 15) is 34.8 Å². The predicted octanol–water partition coefficient (Wildman–Crippen LogP) is -0.941. The summed E-state index contributed by atoms with van der Waals surface area (Å²) in [7, 11) is -9.47. The normalized spacial score (nSPS) is 14.1. The first kappa shape index (κ1) is 27.6. The van der Waals surface area contributed by atoms with Gasteiger partial charge in [-0.2, -0.15) is 0 Å². The Labute approximate surface area is 142 Å². The lowest BCUT2D eigenvalue weighted by atomic mass is 10.5. The van der Waals surface area contributed by atoms with Gasteiger partial charge in [-0.25, -0.2) is 25.3 Å². The molecule has 0 saturated heterocycles. The summed E-state index contributed by atoms with van der Waals surface area (Å²) in [5, 5.41) is 13.7. The standard InChI is InChI=1S/2C4H8O4S.C3H8O2S/c2*1-3(4(5)6)9(2,7)8;1-3-6(2,4)5/h2*3H,1-2H3,(H,5,6);3H2,1-2H3/t2*3-;/m10./s1. The molecule has 2 atom stereocenters. The van der Waals surface area contributed by atoms with Crippen molar-refractivity contribution in [3.8, 4) is 0 Å². The summed E-state index contributed by atoms with van der Waals surface area (Å²) in [6.07, 6.45) is 3.00. The monoisotopic (exact) mass is 412 g/mol. The van der Waals surface area contributed by atoms with Crippen molar-refractivity contribution in [1.82, 2.24) is 0 Å². The fraction of sp³-hybridized carbons (Fsp3) is 0.818. The molecule has 24 heavy (non-hydrogen) atoms. The van der Waals surface area contributed by atoms with Crippen LogP contribution in [0.3, 0.4) is 0 Å². The van der Waals surface area contributed by atoms with Crippen molar-refractivity contribution in [2.75, 3.05) is 24.5 Å². The van der Waals surface area contributed by atoms with Crippen LogP contribution in [0.4, 0.5) is 0 Å². The summed E-state index contributed by atoms with van der Waals surface area (Å²) in [5.74, 6) is -2.37. The average Bonchev–Trinajstić information content (AvgIpc) is 2.35. The van der Waals surface area contributed by atoms with Gasteiger partial charge in [0, 0.05) is 24.5 Å². The third-order valence-corrected chi connectivity index (χ3v) is 6.53. The highest BCUT2D eigenvalue weighted by Crippen LogP contribution is 1.96. The van der Waals surface area contributed by atoms with Crippen LogP contribution >= 0.6 is 0 Å². The molecule has 0 amide bonds. The Morgan fingerprint density at radius 3 is 0.917 bits per heavy atom. The second-order valence-corrected chi connectivity index (χ2v) is 12.0. The molecule has 0 radical (unpaired) electrons. The Morgan fingerprint density at radius 2 is 0.917 bits per heavy atom. The number of rotatable bonds is 5. The maximum atomic E-state index is 10.4. The Hall–Kier alpha value is -1.21. The summed E-state index contributed by atoms with van der Waals surface area (Å²) >= 11 is 0. The van der Waals surface area contributed by atoms with Gasteiger partial charge in [0.15, 0.2) is 30.2 Å². The predicted molar refractivity (Wildman–Crippen MR) is 89.3 cm³/mol. The van der Waals surface area contributed by atoms with Crippen LogP contribution in [-0.2, 0) is 39.1 Å². The van der Waals surface area contributed by atoms with Crippen LogP contribution in [0, 0.1) is 0 Å². The van der Waals surface area contributed by atoms with Crippen LogP contribution in [-0.4, -0.2) is 82.4 Å². The molecular weight excluding hydrogens is 388 g/mol. The molecule has 13 heteroatoms. The van der Waals surface area contributed by atoms with Crippen LogP contribution in [0.25, 0.3) is 0 Å². The Balaban J connectivity index is -0.000000282. The van der Waals surface area contributed by atoms with E-state index in [4.69, 9.17) is 10.2 Å². The third-order valence-electron chi connectivity index (χ3n) is 2.50. The van der Waals surface area contributed by atoms with Gasteiger partial charge in [-0.3, -0.25) is 9.59 Å². The molecular formula is C11H24O10S3. The van der Waals surface area contributed by atoms with E-state index in [1.54, 1.807) is 6.92 Å². The lowest BCUT2D eigenvalue weighted by molar-refractivity contribution is -0.137. The molecule has 0 aromatic heterocycles. The minimum Gasteiger partial charge on any atom is -0.480 e. The van der Waals surface area contributed by atoms with E-state index in [1.165, 1.54) is 6.26 Å². The minimum atomic E-state index is -3.40. The van der Waals surface area contributed by atoms with Crippen molar-refractivity contribution in [2.45, 2.75) is 31.3 Å².